The van der Waals surface area contributed by atoms with Crippen LogP contribution in [0.3, 0.4) is 0 Å². The summed E-state index contributed by atoms with van der Waals surface area (Å²) in [5.41, 5.74) is 2.33. The van der Waals surface area contributed by atoms with Gasteiger partial charge in [0, 0.05) is 24.6 Å². The third-order valence-corrected chi connectivity index (χ3v) is 4.32. The van der Waals surface area contributed by atoms with Gasteiger partial charge >= 0.3 is 5.97 Å². The number of aliphatic carboxylic acids is 1. The van der Waals surface area contributed by atoms with Crippen molar-refractivity contribution in [2.45, 2.75) is 25.7 Å². The number of amides is 1. The minimum Gasteiger partial charge on any atom is -0.481 e. The van der Waals surface area contributed by atoms with E-state index in [4.69, 9.17) is 9.52 Å². The van der Waals surface area contributed by atoms with Crippen LogP contribution in [0.4, 0.5) is 0 Å². The van der Waals surface area contributed by atoms with Crippen molar-refractivity contribution in [3.05, 3.63) is 59.0 Å². The molecule has 0 bridgehead atoms. The fourth-order valence-electron chi connectivity index (χ4n) is 3.15. The Bertz CT molecular complexity index is 720. The van der Waals surface area contributed by atoms with Crippen LogP contribution in [0, 0.1) is 6.92 Å². The van der Waals surface area contributed by atoms with Crippen molar-refractivity contribution < 1.29 is 19.1 Å². The van der Waals surface area contributed by atoms with Crippen molar-refractivity contribution in [2.75, 3.05) is 13.1 Å². The quantitative estimate of drug-likeness (QED) is 0.942. The number of carboxylic acids is 1. The predicted octanol–water partition coefficient (Wildman–Crippen LogP) is 2.84. The highest BCUT2D eigenvalue weighted by atomic mass is 16.4. The van der Waals surface area contributed by atoms with E-state index in [0.29, 0.717) is 30.1 Å². The van der Waals surface area contributed by atoms with Crippen LogP contribution in [-0.4, -0.2) is 35.0 Å². The molecule has 0 saturated carbocycles. The molecule has 2 aromatic rings. The number of rotatable bonds is 4. The van der Waals surface area contributed by atoms with Gasteiger partial charge in [-0.15, -0.1) is 0 Å². The van der Waals surface area contributed by atoms with Gasteiger partial charge in [-0.1, -0.05) is 30.3 Å². The molecule has 3 rings (SSSR count). The van der Waals surface area contributed by atoms with Gasteiger partial charge < -0.3 is 14.4 Å². The van der Waals surface area contributed by atoms with Gasteiger partial charge in [-0.25, -0.2) is 0 Å². The van der Waals surface area contributed by atoms with E-state index < -0.39 is 5.97 Å². The molecule has 0 spiro atoms. The van der Waals surface area contributed by atoms with Crippen LogP contribution in [0.25, 0.3) is 0 Å². The van der Waals surface area contributed by atoms with E-state index in [1.165, 1.54) is 11.8 Å². The van der Waals surface area contributed by atoms with Gasteiger partial charge in [0.2, 0.25) is 0 Å². The van der Waals surface area contributed by atoms with Crippen LogP contribution in [0.2, 0.25) is 0 Å². The summed E-state index contributed by atoms with van der Waals surface area (Å²) in [6.45, 7) is 3.10. The molecule has 0 aliphatic carbocycles. The van der Waals surface area contributed by atoms with Crippen LogP contribution >= 0.6 is 0 Å². The lowest BCUT2D eigenvalue weighted by atomic mass is 9.99. The third-order valence-electron chi connectivity index (χ3n) is 4.32. The Morgan fingerprint density at radius 2 is 2.04 bits per heavy atom. The zero-order valence-corrected chi connectivity index (χ0v) is 13.0. The van der Waals surface area contributed by atoms with Crippen LogP contribution in [0.1, 0.15) is 39.6 Å². The van der Waals surface area contributed by atoms with Crippen molar-refractivity contribution in [3.8, 4) is 0 Å². The molecule has 5 heteroatoms. The van der Waals surface area contributed by atoms with E-state index in [2.05, 4.69) is 12.1 Å². The molecule has 1 saturated heterocycles. The molecule has 1 aromatic heterocycles. The number of benzene rings is 1. The van der Waals surface area contributed by atoms with E-state index in [9.17, 15) is 9.59 Å². The molecular weight excluding hydrogens is 294 g/mol. The zero-order valence-electron chi connectivity index (χ0n) is 13.0. The maximum atomic E-state index is 12.8. The second kappa shape index (κ2) is 6.28. The number of likely N-dealkylation sites (tertiary alicyclic amines) is 1. The summed E-state index contributed by atoms with van der Waals surface area (Å²) < 4.78 is 5.27. The first-order chi connectivity index (χ1) is 11.1. The molecule has 1 aliphatic rings. The maximum absolute atomic E-state index is 12.8. The topological polar surface area (TPSA) is 70.7 Å². The van der Waals surface area contributed by atoms with E-state index in [1.807, 2.05) is 18.2 Å². The van der Waals surface area contributed by atoms with Crippen molar-refractivity contribution in [3.63, 3.8) is 0 Å². The number of furan rings is 1. The lowest BCUT2D eigenvalue weighted by Gasteiger charge is -2.17. The second-order valence-electron chi connectivity index (χ2n) is 5.93. The average Bonchev–Trinajstić information content (AvgIpc) is 3.15. The standard InChI is InChI=1S/C18H19NO4/c1-12-11-23-15(9-16(20)21)17(12)18(22)19-8-7-14(10-19)13-5-3-2-4-6-13/h2-6,11,14H,7-10H2,1H3,(H,20,21). The highest BCUT2D eigenvalue weighted by Crippen LogP contribution is 2.29. The second-order valence-corrected chi connectivity index (χ2v) is 5.93. The average molecular weight is 313 g/mol. The Labute approximate surface area is 134 Å². The molecule has 23 heavy (non-hydrogen) atoms. The number of aryl methyl sites for hydroxylation is 1. The first kappa shape index (κ1) is 15.3. The fraction of sp³-hybridized carbons (Fsp3) is 0.333. The summed E-state index contributed by atoms with van der Waals surface area (Å²) in [7, 11) is 0. The molecule has 1 aromatic carbocycles. The predicted molar refractivity (Wildman–Crippen MR) is 84.5 cm³/mol. The molecule has 120 valence electrons. The summed E-state index contributed by atoms with van der Waals surface area (Å²) in [4.78, 5) is 25.5. The van der Waals surface area contributed by atoms with Gasteiger partial charge in [0.1, 0.15) is 12.2 Å². The maximum Gasteiger partial charge on any atom is 0.311 e. The monoisotopic (exact) mass is 313 g/mol. The molecule has 5 nitrogen and oxygen atoms in total. The summed E-state index contributed by atoms with van der Waals surface area (Å²) >= 11 is 0. The molecular formula is C18H19NO4. The lowest BCUT2D eigenvalue weighted by Crippen LogP contribution is -2.29. The van der Waals surface area contributed by atoms with Crippen molar-refractivity contribution in [1.29, 1.82) is 0 Å². The SMILES string of the molecule is Cc1coc(CC(=O)O)c1C(=O)N1CCC(c2ccccc2)C1. The summed E-state index contributed by atoms with van der Waals surface area (Å²) in [6.07, 6.45) is 2.10. The minimum atomic E-state index is -1.00. The normalized spacial score (nSPS) is 17.4. The molecule has 1 atom stereocenters. The van der Waals surface area contributed by atoms with E-state index in [1.54, 1.807) is 11.8 Å². The Morgan fingerprint density at radius 1 is 1.30 bits per heavy atom. The Kier molecular flexibility index (Phi) is 4.19. The van der Waals surface area contributed by atoms with Crippen LogP contribution in [0.15, 0.2) is 41.0 Å². The number of carboxylic acid groups (broad SMARTS) is 1. The Balaban J connectivity index is 1.77. The molecule has 1 fully saturated rings. The van der Waals surface area contributed by atoms with Crippen LogP contribution < -0.4 is 0 Å². The largest absolute Gasteiger partial charge is 0.481 e. The van der Waals surface area contributed by atoms with Gasteiger partial charge in [0.25, 0.3) is 5.91 Å². The highest BCUT2D eigenvalue weighted by Gasteiger charge is 2.31. The molecule has 0 radical (unpaired) electrons. The van der Waals surface area contributed by atoms with Crippen molar-refractivity contribution in [2.24, 2.45) is 0 Å². The van der Waals surface area contributed by atoms with Crippen molar-refractivity contribution in [1.82, 2.24) is 4.90 Å². The van der Waals surface area contributed by atoms with E-state index in [0.717, 1.165) is 6.42 Å². The zero-order chi connectivity index (χ0) is 16.4. The molecule has 1 aliphatic heterocycles. The fourth-order valence-corrected chi connectivity index (χ4v) is 3.15. The Hall–Kier alpha value is -2.56. The molecule has 1 amide bonds. The lowest BCUT2D eigenvalue weighted by molar-refractivity contribution is -0.136. The number of carbonyl (C=O) groups is 2. The molecule has 1 N–H and O–H groups in total. The van der Waals surface area contributed by atoms with Gasteiger partial charge in [-0.3, -0.25) is 9.59 Å². The summed E-state index contributed by atoms with van der Waals surface area (Å²) in [6, 6.07) is 10.2. The first-order valence-corrected chi connectivity index (χ1v) is 7.69. The summed E-state index contributed by atoms with van der Waals surface area (Å²) in [5, 5.41) is 8.95. The van der Waals surface area contributed by atoms with Gasteiger partial charge in [0.05, 0.1) is 11.8 Å². The van der Waals surface area contributed by atoms with Crippen LogP contribution in [-0.2, 0) is 11.2 Å². The van der Waals surface area contributed by atoms with Crippen molar-refractivity contribution >= 4 is 11.9 Å². The van der Waals surface area contributed by atoms with Gasteiger partial charge in [-0.05, 0) is 18.9 Å². The minimum absolute atomic E-state index is 0.133. The van der Waals surface area contributed by atoms with Crippen LogP contribution in [0.5, 0.6) is 0 Å². The third kappa shape index (κ3) is 3.13. The van der Waals surface area contributed by atoms with Gasteiger partial charge in [-0.2, -0.15) is 0 Å². The number of carbonyl (C=O) groups excluding carboxylic acids is 1. The first-order valence-electron chi connectivity index (χ1n) is 7.69. The number of hydrogen-bond acceptors (Lipinski definition) is 3. The Morgan fingerprint density at radius 3 is 2.74 bits per heavy atom. The summed E-state index contributed by atoms with van der Waals surface area (Å²) in [5.74, 6) is -0.568. The highest BCUT2D eigenvalue weighted by molar-refractivity contribution is 5.97. The van der Waals surface area contributed by atoms with E-state index >= 15 is 0 Å². The molecule has 1 unspecified atom stereocenters. The number of hydrogen-bond donors (Lipinski definition) is 1. The molecule has 2 heterocycles. The smallest absolute Gasteiger partial charge is 0.311 e. The van der Waals surface area contributed by atoms with E-state index in [-0.39, 0.29) is 18.1 Å². The van der Waals surface area contributed by atoms with Gasteiger partial charge in [0.15, 0.2) is 0 Å². The number of nitrogens with zero attached hydrogens (tertiary/aromatic N) is 1.